The average Bonchev–Trinajstić information content (AvgIpc) is 3.16. The first-order valence-corrected chi connectivity index (χ1v) is 10.4. The monoisotopic (exact) mass is 493 g/mol. The molecule has 1 aliphatic heterocycles. The number of alkyl halides is 3. The smallest absolute Gasteiger partial charge is 0.416 e. The first-order valence-electron chi connectivity index (χ1n) is 9.56. The average molecular weight is 493 g/mol. The SMILES string of the molecule is COC(=O)/C=C1/S/C(=N\N=Cc2ccc(OC)c(COc3cccc(C(F)(F)F)c3)c2)NC1=O. The van der Waals surface area contributed by atoms with Gasteiger partial charge >= 0.3 is 12.1 Å². The van der Waals surface area contributed by atoms with E-state index in [1.165, 1.54) is 32.6 Å². The fraction of sp³-hybridized carbons (Fsp3) is 0.182. The molecule has 178 valence electrons. The van der Waals surface area contributed by atoms with Gasteiger partial charge in [0, 0.05) is 11.6 Å². The first kappa shape index (κ1) is 24.8. The van der Waals surface area contributed by atoms with Gasteiger partial charge in [-0.15, -0.1) is 5.10 Å². The Labute approximate surface area is 196 Å². The molecule has 0 atom stereocenters. The molecule has 2 aromatic rings. The van der Waals surface area contributed by atoms with E-state index >= 15 is 0 Å². The van der Waals surface area contributed by atoms with Crippen LogP contribution in [0.15, 0.2) is 63.6 Å². The molecule has 1 amide bonds. The molecule has 1 saturated heterocycles. The molecule has 0 bridgehead atoms. The number of amidine groups is 1. The number of nitrogens with zero attached hydrogens (tertiary/aromatic N) is 2. The van der Waals surface area contributed by atoms with Crippen LogP contribution < -0.4 is 14.8 Å². The summed E-state index contributed by atoms with van der Waals surface area (Å²) in [5, 5.41) is 10.5. The number of rotatable bonds is 7. The number of methoxy groups -OCH3 is 2. The minimum Gasteiger partial charge on any atom is -0.496 e. The van der Waals surface area contributed by atoms with E-state index in [4.69, 9.17) is 9.47 Å². The molecule has 0 spiro atoms. The van der Waals surface area contributed by atoms with Crippen LogP contribution in [0.4, 0.5) is 13.2 Å². The number of thioether (sulfide) groups is 1. The van der Waals surface area contributed by atoms with Gasteiger partial charge in [-0.05, 0) is 53.7 Å². The number of hydrogen-bond donors (Lipinski definition) is 1. The number of nitrogens with one attached hydrogen (secondary N) is 1. The van der Waals surface area contributed by atoms with Crippen LogP contribution in [0.1, 0.15) is 16.7 Å². The summed E-state index contributed by atoms with van der Waals surface area (Å²) in [4.78, 5) is 23.2. The maximum atomic E-state index is 12.9. The summed E-state index contributed by atoms with van der Waals surface area (Å²) in [6, 6.07) is 9.61. The highest BCUT2D eigenvalue weighted by molar-refractivity contribution is 8.18. The molecular formula is C22H18F3N3O5S. The second-order valence-electron chi connectivity index (χ2n) is 6.62. The maximum Gasteiger partial charge on any atom is 0.416 e. The summed E-state index contributed by atoms with van der Waals surface area (Å²) >= 11 is 0.931. The molecule has 0 radical (unpaired) electrons. The Morgan fingerprint density at radius 1 is 1.18 bits per heavy atom. The quantitative estimate of drug-likeness (QED) is 0.272. The molecule has 8 nitrogen and oxygen atoms in total. The van der Waals surface area contributed by atoms with Crippen LogP contribution in [0, 0.1) is 0 Å². The Kier molecular flexibility index (Phi) is 7.95. The van der Waals surface area contributed by atoms with Gasteiger partial charge < -0.3 is 14.2 Å². The molecule has 3 rings (SSSR count). The predicted octanol–water partition coefficient (Wildman–Crippen LogP) is 3.90. The molecule has 1 heterocycles. The van der Waals surface area contributed by atoms with E-state index in [1.807, 2.05) is 0 Å². The van der Waals surface area contributed by atoms with Crippen molar-refractivity contribution in [2.45, 2.75) is 12.8 Å². The van der Waals surface area contributed by atoms with E-state index < -0.39 is 23.6 Å². The molecule has 0 aliphatic carbocycles. The maximum absolute atomic E-state index is 12.9. The molecule has 2 aromatic carbocycles. The Balaban J connectivity index is 1.70. The third kappa shape index (κ3) is 6.61. The van der Waals surface area contributed by atoms with Crippen LogP contribution in [-0.2, 0) is 27.1 Å². The van der Waals surface area contributed by atoms with Gasteiger partial charge in [0.05, 0.1) is 30.9 Å². The molecule has 34 heavy (non-hydrogen) atoms. The van der Waals surface area contributed by atoms with E-state index in [-0.39, 0.29) is 22.4 Å². The number of ether oxygens (including phenoxy) is 3. The van der Waals surface area contributed by atoms with Crippen LogP contribution in [0.5, 0.6) is 11.5 Å². The molecule has 0 aromatic heterocycles. The Hall–Kier alpha value is -3.80. The number of benzene rings is 2. The van der Waals surface area contributed by atoms with Crippen molar-refractivity contribution in [1.29, 1.82) is 0 Å². The van der Waals surface area contributed by atoms with Crippen molar-refractivity contribution in [3.63, 3.8) is 0 Å². The lowest BCUT2D eigenvalue weighted by Gasteiger charge is -2.12. The van der Waals surface area contributed by atoms with Crippen LogP contribution >= 0.6 is 11.8 Å². The Bertz CT molecular complexity index is 1180. The number of esters is 1. The first-order chi connectivity index (χ1) is 16.2. The van der Waals surface area contributed by atoms with Crippen molar-refractivity contribution in [3.05, 3.63) is 70.1 Å². The number of carbonyl (C=O) groups is 2. The summed E-state index contributed by atoms with van der Waals surface area (Å²) < 4.78 is 54.0. The zero-order chi connectivity index (χ0) is 24.7. The fourth-order valence-electron chi connectivity index (χ4n) is 2.70. The van der Waals surface area contributed by atoms with Gasteiger partial charge in [0.25, 0.3) is 5.91 Å². The largest absolute Gasteiger partial charge is 0.496 e. The van der Waals surface area contributed by atoms with Crippen LogP contribution in [-0.4, -0.2) is 37.5 Å². The minimum atomic E-state index is -4.47. The zero-order valence-electron chi connectivity index (χ0n) is 17.9. The van der Waals surface area contributed by atoms with Gasteiger partial charge in [-0.1, -0.05) is 6.07 Å². The van der Waals surface area contributed by atoms with Crippen molar-refractivity contribution in [1.82, 2.24) is 5.32 Å². The normalized spacial score (nSPS) is 16.2. The van der Waals surface area contributed by atoms with E-state index in [1.54, 1.807) is 18.2 Å². The lowest BCUT2D eigenvalue weighted by molar-refractivity contribution is -0.137. The van der Waals surface area contributed by atoms with Gasteiger partial charge in [-0.2, -0.15) is 18.3 Å². The van der Waals surface area contributed by atoms with Gasteiger partial charge in [0.1, 0.15) is 18.1 Å². The lowest BCUT2D eigenvalue weighted by atomic mass is 10.1. The number of carbonyl (C=O) groups excluding carboxylic acids is 2. The molecule has 12 heteroatoms. The Morgan fingerprint density at radius 2 is 1.97 bits per heavy atom. The molecule has 0 saturated carbocycles. The third-order valence-corrected chi connectivity index (χ3v) is 5.22. The highest BCUT2D eigenvalue weighted by atomic mass is 32.2. The van der Waals surface area contributed by atoms with Crippen molar-refractivity contribution in [2.75, 3.05) is 14.2 Å². The minimum absolute atomic E-state index is 0.0473. The second-order valence-corrected chi connectivity index (χ2v) is 7.65. The van der Waals surface area contributed by atoms with E-state index in [9.17, 15) is 22.8 Å². The number of hydrogen-bond acceptors (Lipinski definition) is 8. The molecule has 1 N–H and O–H groups in total. The second kappa shape index (κ2) is 10.9. The molecule has 0 unspecified atom stereocenters. The molecule has 1 aliphatic rings. The van der Waals surface area contributed by atoms with Crippen LogP contribution in [0.25, 0.3) is 0 Å². The number of amides is 1. The topological polar surface area (TPSA) is 98.6 Å². The van der Waals surface area contributed by atoms with Crippen molar-refractivity contribution in [3.8, 4) is 11.5 Å². The lowest BCUT2D eigenvalue weighted by Crippen LogP contribution is -2.19. The summed E-state index contributed by atoms with van der Waals surface area (Å²) in [6.45, 7) is -0.0473. The summed E-state index contributed by atoms with van der Waals surface area (Å²) in [5.74, 6) is -0.623. The highest BCUT2D eigenvalue weighted by Gasteiger charge is 2.30. The third-order valence-electron chi connectivity index (χ3n) is 4.32. The summed E-state index contributed by atoms with van der Waals surface area (Å²) in [7, 11) is 2.66. The standard InChI is InChI=1S/C22H18F3N3O5S/c1-31-17-7-6-13(11-26-28-21-27-20(30)18(34-21)10-19(29)32-2)8-14(17)12-33-16-5-3-4-15(9-16)22(23,24)25/h3-11H,12H2,1-2H3,(H,27,28,30)/b18-10+,26-11?. The van der Waals surface area contributed by atoms with Gasteiger partial charge in [-0.25, -0.2) is 4.79 Å². The van der Waals surface area contributed by atoms with E-state index in [0.717, 1.165) is 30.0 Å². The zero-order valence-corrected chi connectivity index (χ0v) is 18.7. The van der Waals surface area contributed by atoms with Crippen molar-refractivity contribution in [2.24, 2.45) is 10.2 Å². The number of halogens is 3. The van der Waals surface area contributed by atoms with Crippen molar-refractivity contribution < 1.29 is 37.0 Å². The van der Waals surface area contributed by atoms with Gasteiger partial charge in [0.2, 0.25) is 0 Å². The highest BCUT2D eigenvalue weighted by Crippen LogP contribution is 2.32. The van der Waals surface area contributed by atoms with Crippen molar-refractivity contribution >= 4 is 35.0 Å². The molecular weight excluding hydrogens is 475 g/mol. The predicted molar refractivity (Wildman–Crippen MR) is 120 cm³/mol. The van der Waals surface area contributed by atoms with Gasteiger partial charge in [0.15, 0.2) is 5.17 Å². The Morgan fingerprint density at radius 3 is 2.68 bits per heavy atom. The van der Waals surface area contributed by atoms with Crippen LogP contribution in [0.2, 0.25) is 0 Å². The fourth-order valence-corrected chi connectivity index (χ4v) is 3.44. The van der Waals surface area contributed by atoms with E-state index in [2.05, 4.69) is 20.3 Å². The summed E-state index contributed by atoms with van der Waals surface area (Å²) in [5.41, 5.74) is 0.370. The molecule has 1 fully saturated rings. The summed E-state index contributed by atoms with van der Waals surface area (Å²) in [6.07, 6.45) is -2.01. The van der Waals surface area contributed by atoms with Gasteiger partial charge in [-0.3, -0.25) is 10.1 Å². The van der Waals surface area contributed by atoms with Crippen LogP contribution in [0.3, 0.4) is 0 Å². The van der Waals surface area contributed by atoms with E-state index in [0.29, 0.717) is 16.9 Å².